The standard InChI is InChI=1S/C15H18OS/c1-12-8-11-15(17-12)14(16-2)10-9-13-6-4-3-5-7-13/h6,8,11,14H,3-5,7H2,1-2H3. The molecule has 0 fully saturated rings. The minimum absolute atomic E-state index is 0.0727. The molecule has 1 heterocycles. The Kier molecular flexibility index (Phi) is 4.42. The minimum atomic E-state index is -0.0727. The first kappa shape index (κ1) is 12.4. The quantitative estimate of drug-likeness (QED) is 0.709. The fourth-order valence-corrected chi connectivity index (χ4v) is 2.86. The lowest BCUT2D eigenvalue weighted by molar-refractivity contribution is 0.153. The molecule has 0 spiro atoms. The lowest BCUT2D eigenvalue weighted by atomic mass is 10.00. The van der Waals surface area contributed by atoms with Gasteiger partial charge in [0.25, 0.3) is 0 Å². The average Bonchev–Trinajstić information content (AvgIpc) is 2.78. The van der Waals surface area contributed by atoms with Crippen LogP contribution in [0.15, 0.2) is 23.8 Å². The largest absolute Gasteiger partial charge is 0.363 e. The highest BCUT2D eigenvalue weighted by molar-refractivity contribution is 7.12. The first-order valence-electron chi connectivity index (χ1n) is 6.09. The van der Waals surface area contributed by atoms with Crippen LogP contribution in [-0.2, 0) is 4.74 Å². The number of hydrogen-bond donors (Lipinski definition) is 0. The molecule has 17 heavy (non-hydrogen) atoms. The van der Waals surface area contributed by atoms with Gasteiger partial charge in [-0.3, -0.25) is 0 Å². The summed E-state index contributed by atoms with van der Waals surface area (Å²) in [5.41, 5.74) is 1.28. The molecule has 1 unspecified atom stereocenters. The minimum Gasteiger partial charge on any atom is -0.363 e. The van der Waals surface area contributed by atoms with Gasteiger partial charge in [0.2, 0.25) is 0 Å². The van der Waals surface area contributed by atoms with Crippen molar-refractivity contribution >= 4 is 11.3 Å². The summed E-state index contributed by atoms with van der Waals surface area (Å²) in [6.45, 7) is 2.11. The number of aryl methyl sites for hydroxylation is 1. The molecule has 1 aliphatic rings. The van der Waals surface area contributed by atoms with E-state index in [0.29, 0.717) is 0 Å². The Hall–Kier alpha value is -1.04. The van der Waals surface area contributed by atoms with Crippen molar-refractivity contribution in [2.45, 2.75) is 38.7 Å². The summed E-state index contributed by atoms with van der Waals surface area (Å²) in [5, 5.41) is 0. The van der Waals surface area contributed by atoms with Crippen molar-refractivity contribution in [1.82, 2.24) is 0 Å². The van der Waals surface area contributed by atoms with Gasteiger partial charge in [-0.05, 0) is 50.3 Å². The number of rotatable bonds is 2. The van der Waals surface area contributed by atoms with Gasteiger partial charge < -0.3 is 4.74 Å². The van der Waals surface area contributed by atoms with E-state index in [-0.39, 0.29) is 6.10 Å². The average molecular weight is 246 g/mol. The molecular weight excluding hydrogens is 228 g/mol. The van der Waals surface area contributed by atoms with Crippen LogP contribution < -0.4 is 0 Å². The summed E-state index contributed by atoms with van der Waals surface area (Å²) in [5.74, 6) is 6.51. The van der Waals surface area contributed by atoms with E-state index in [9.17, 15) is 0 Å². The molecule has 0 amide bonds. The second-order valence-electron chi connectivity index (χ2n) is 4.31. The maximum absolute atomic E-state index is 5.45. The van der Waals surface area contributed by atoms with Crippen molar-refractivity contribution in [3.05, 3.63) is 33.5 Å². The van der Waals surface area contributed by atoms with E-state index in [1.165, 1.54) is 34.6 Å². The van der Waals surface area contributed by atoms with Gasteiger partial charge >= 0.3 is 0 Å². The van der Waals surface area contributed by atoms with Crippen molar-refractivity contribution in [1.29, 1.82) is 0 Å². The van der Waals surface area contributed by atoms with Gasteiger partial charge in [0.1, 0.15) is 0 Å². The van der Waals surface area contributed by atoms with Crippen LogP contribution in [0.4, 0.5) is 0 Å². The van der Waals surface area contributed by atoms with Crippen molar-refractivity contribution in [3.8, 4) is 11.8 Å². The van der Waals surface area contributed by atoms with Crippen molar-refractivity contribution in [2.24, 2.45) is 0 Å². The number of hydrogen-bond acceptors (Lipinski definition) is 2. The maximum atomic E-state index is 5.45. The van der Waals surface area contributed by atoms with E-state index < -0.39 is 0 Å². The zero-order chi connectivity index (χ0) is 12.1. The molecule has 1 aliphatic carbocycles. The summed E-state index contributed by atoms with van der Waals surface area (Å²) in [7, 11) is 1.73. The van der Waals surface area contributed by atoms with Crippen molar-refractivity contribution in [2.75, 3.05) is 7.11 Å². The Labute approximate surface area is 108 Å². The summed E-state index contributed by atoms with van der Waals surface area (Å²) in [4.78, 5) is 2.51. The van der Waals surface area contributed by atoms with Crippen LogP contribution in [0, 0.1) is 18.8 Å². The molecule has 90 valence electrons. The van der Waals surface area contributed by atoms with E-state index in [1.807, 2.05) is 0 Å². The molecule has 2 rings (SSSR count). The van der Waals surface area contributed by atoms with E-state index >= 15 is 0 Å². The van der Waals surface area contributed by atoms with Gasteiger partial charge in [-0.1, -0.05) is 17.9 Å². The molecule has 0 saturated heterocycles. The summed E-state index contributed by atoms with van der Waals surface area (Å²) < 4.78 is 5.45. The van der Waals surface area contributed by atoms with Gasteiger partial charge in [0, 0.05) is 16.9 Å². The van der Waals surface area contributed by atoms with E-state index in [4.69, 9.17) is 4.74 Å². The van der Waals surface area contributed by atoms with Gasteiger partial charge in [-0.2, -0.15) is 0 Å². The Morgan fingerprint density at radius 1 is 1.35 bits per heavy atom. The fourth-order valence-electron chi connectivity index (χ4n) is 1.95. The molecule has 0 aliphatic heterocycles. The number of methoxy groups -OCH3 is 1. The van der Waals surface area contributed by atoms with Crippen LogP contribution in [0.5, 0.6) is 0 Å². The highest BCUT2D eigenvalue weighted by Crippen LogP contribution is 2.25. The predicted molar refractivity (Wildman–Crippen MR) is 73.1 cm³/mol. The van der Waals surface area contributed by atoms with Gasteiger partial charge in [-0.25, -0.2) is 0 Å². The molecule has 0 N–H and O–H groups in total. The molecule has 1 aromatic heterocycles. The summed E-state index contributed by atoms with van der Waals surface area (Å²) in [6.07, 6.45) is 7.09. The summed E-state index contributed by atoms with van der Waals surface area (Å²) in [6, 6.07) is 4.23. The van der Waals surface area contributed by atoms with Gasteiger partial charge in [0.15, 0.2) is 6.10 Å². The first-order valence-corrected chi connectivity index (χ1v) is 6.91. The van der Waals surface area contributed by atoms with Gasteiger partial charge in [0.05, 0.1) is 0 Å². The topological polar surface area (TPSA) is 9.23 Å². The zero-order valence-corrected chi connectivity index (χ0v) is 11.3. The highest BCUT2D eigenvalue weighted by atomic mass is 32.1. The molecule has 0 saturated carbocycles. The van der Waals surface area contributed by atoms with Crippen LogP contribution >= 0.6 is 11.3 Å². The molecule has 0 radical (unpaired) electrons. The highest BCUT2D eigenvalue weighted by Gasteiger charge is 2.09. The number of allylic oxidation sites excluding steroid dienone is 2. The Morgan fingerprint density at radius 2 is 2.24 bits per heavy atom. The Morgan fingerprint density at radius 3 is 2.82 bits per heavy atom. The maximum Gasteiger partial charge on any atom is 0.152 e. The molecule has 0 aromatic carbocycles. The lowest BCUT2D eigenvalue weighted by Crippen LogP contribution is -1.96. The van der Waals surface area contributed by atoms with Gasteiger partial charge in [-0.15, -0.1) is 11.3 Å². The Balaban J connectivity index is 2.09. The van der Waals surface area contributed by atoms with Crippen LogP contribution in [-0.4, -0.2) is 7.11 Å². The second-order valence-corrected chi connectivity index (χ2v) is 5.63. The monoisotopic (exact) mass is 246 g/mol. The number of ether oxygens (including phenoxy) is 1. The van der Waals surface area contributed by atoms with Crippen LogP contribution in [0.3, 0.4) is 0 Å². The second kappa shape index (κ2) is 6.05. The van der Waals surface area contributed by atoms with E-state index in [2.05, 4.69) is 37.0 Å². The van der Waals surface area contributed by atoms with Crippen LogP contribution in [0.1, 0.15) is 41.5 Å². The molecular formula is C15H18OS. The smallest absolute Gasteiger partial charge is 0.152 e. The summed E-state index contributed by atoms with van der Waals surface area (Å²) >= 11 is 1.76. The molecule has 1 nitrogen and oxygen atoms in total. The van der Waals surface area contributed by atoms with Crippen molar-refractivity contribution < 1.29 is 4.74 Å². The predicted octanol–water partition coefficient (Wildman–Crippen LogP) is 4.25. The lowest BCUT2D eigenvalue weighted by Gasteiger charge is -2.08. The van der Waals surface area contributed by atoms with E-state index in [0.717, 1.165) is 6.42 Å². The third-order valence-corrected chi connectivity index (χ3v) is 3.95. The SMILES string of the molecule is COC(C#CC1=CCCCC1)c1ccc(C)s1. The van der Waals surface area contributed by atoms with Crippen LogP contribution in [0.25, 0.3) is 0 Å². The third kappa shape index (κ3) is 3.46. The molecule has 1 atom stereocenters. The number of thiophene rings is 1. The zero-order valence-electron chi connectivity index (χ0n) is 10.5. The van der Waals surface area contributed by atoms with Crippen LogP contribution in [0.2, 0.25) is 0 Å². The normalized spacial score (nSPS) is 16.9. The van der Waals surface area contributed by atoms with Crippen molar-refractivity contribution in [3.63, 3.8) is 0 Å². The Bertz CT molecular complexity index is 459. The van der Waals surface area contributed by atoms with E-state index in [1.54, 1.807) is 18.4 Å². The third-order valence-electron chi connectivity index (χ3n) is 2.91. The first-order chi connectivity index (χ1) is 8.29. The molecule has 2 heteroatoms. The molecule has 0 bridgehead atoms. The fraction of sp³-hybridized carbons (Fsp3) is 0.467. The molecule has 1 aromatic rings.